The van der Waals surface area contributed by atoms with E-state index in [-0.39, 0.29) is 0 Å². The summed E-state index contributed by atoms with van der Waals surface area (Å²) in [6.07, 6.45) is 0. The first-order valence-electron chi connectivity index (χ1n) is 7.04. The molecular formula is C17H16BrN3O2. The van der Waals surface area contributed by atoms with Crippen molar-refractivity contribution >= 4 is 15.9 Å². The SMILES string of the molecule is COc1ccc(-n2c(C)nnc2-c2ccc(Br)cc2OC)cc1. The number of nitrogens with zero attached hydrogens (tertiary/aromatic N) is 3. The monoisotopic (exact) mass is 373 g/mol. The molecule has 0 bridgehead atoms. The third-order valence-electron chi connectivity index (χ3n) is 3.56. The fraction of sp³-hybridized carbons (Fsp3) is 0.176. The van der Waals surface area contributed by atoms with Crippen LogP contribution in [0.4, 0.5) is 0 Å². The van der Waals surface area contributed by atoms with Crippen LogP contribution in [0.2, 0.25) is 0 Å². The Morgan fingerprint density at radius 1 is 0.957 bits per heavy atom. The molecule has 0 aliphatic heterocycles. The smallest absolute Gasteiger partial charge is 0.172 e. The van der Waals surface area contributed by atoms with Crippen LogP contribution in [0.15, 0.2) is 46.9 Å². The highest BCUT2D eigenvalue weighted by Crippen LogP contribution is 2.33. The van der Waals surface area contributed by atoms with Crippen LogP contribution in [0.5, 0.6) is 11.5 Å². The summed E-state index contributed by atoms with van der Waals surface area (Å²) in [6, 6.07) is 13.6. The molecule has 0 radical (unpaired) electrons. The van der Waals surface area contributed by atoms with E-state index in [1.54, 1.807) is 14.2 Å². The first kappa shape index (κ1) is 15.6. The fourth-order valence-electron chi connectivity index (χ4n) is 2.43. The number of benzene rings is 2. The van der Waals surface area contributed by atoms with Crippen molar-refractivity contribution in [2.24, 2.45) is 0 Å². The van der Waals surface area contributed by atoms with Crippen LogP contribution < -0.4 is 9.47 Å². The van der Waals surface area contributed by atoms with Crippen LogP contribution in [0, 0.1) is 6.92 Å². The van der Waals surface area contributed by atoms with E-state index in [1.807, 2.05) is 54.0 Å². The zero-order chi connectivity index (χ0) is 16.4. The van der Waals surface area contributed by atoms with Gasteiger partial charge in [0.25, 0.3) is 0 Å². The predicted molar refractivity (Wildman–Crippen MR) is 92.3 cm³/mol. The topological polar surface area (TPSA) is 49.2 Å². The summed E-state index contributed by atoms with van der Waals surface area (Å²) in [5.74, 6) is 3.08. The maximum absolute atomic E-state index is 5.49. The highest BCUT2D eigenvalue weighted by atomic mass is 79.9. The van der Waals surface area contributed by atoms with Gasteiger partial charge in [-0.15, -0.1) is 10.2 Å². The van der Waals surface area contributed by atoms with E-state index < -0.39 is 0 Å². The Morgan fingerprint density at radius 2 is 1.70 bits per heavy atom. The highest BCUT2D eigenvalue weighted by Gasteiger charge is 2.17. The standard InChI is InChI=1S/C17H16BrN3O2/c1-11-19-20-17(15-9-4-12(18)10-16(15)23-3)21(11)13-5-7-14(22-2)8-6-13/h4-10H,1-3H3. The molecule has 5 nitrogen and oxygen atoms in total. The largest absolute Gasteiger partial charge is 0.497 e. The van der Waals surface area contributed by atoms with Crippen molar-refractivity contribution in [2.45, 2.75) is 6.92 Å². The molecule has 3 rings (SSSR count). The van der Waals surface area contributed by atoms with Crippen LogP contribution >= 0.6 is 15.9 Å². The minimum atomic E-state index is 0.733. The van der Waals surface area contributed by atoms with Crippen molar-refractivity contribution in [1.29, 1.82) is 0 Å². The Hall–Kier alpha value is -2.34. The number of ether oxygens (including phenoxy) is 2. The van der Waals surface area contributed by atoms with Gasteiger partial charge in [0.2, 0.25) is 0 Å². The molecule has 0 amide bonds. The zero-order valence-electron chi connectivity index (χ0n) is 13.1. The quantitative estimate of drug-likeness (QED) is 0.692. The van der Waals surface area contributed by atoms with Gasteiger partial charge in [0, 0.05) is 10.2 Å². The average molecular weight is 374 g/mol. The summed E-state index contributed by atoms with van der Waals surface area (Å²) >= 11 is 3.46. The number of aryl methyl sites for hydroxylation is 1. The lowest BCUT2D eigenvalue weighted by Gasteiger charge is -2.12. The first-order valence-corrected chi connectivity index (χ1v) is 7.83. The summed E-state index contributed by atoms with van der Waals surface area (Å²) < 4.78 is 13.6. The Balaban J connectivity index is 2.15. The molecule has 2 aromatic carbocycles. The average Bonchev–Trinajstić information content (AvgIpc) is 2.96. The van der Waals surface area contributed by atoms with Crippen LogP contribution in [-0.2, 0) is 0 Å². The summed E-state index contributed by atoms with van der Waals surface area (Å²) in [7, 11) is 3.30. The third kappa shape index (κ3) is 2.94. The first-order chi connectivity index (χ1) is 11.1. The number of hydrogen-bond acceptors (Lipinski definition) is 4. The van der Waals surface area contributed by atoms with Crippen LogP contribution in [-0.4, -0.2) is 29.0 Å². The van der Waals surface area contributed by atoms with E-state index in [1.165, 1.54) is 0 Å². The second-order valence-corrected chi connectivity index (χ2v) is 5.86. The van der Waals surface area contributed by atoms with Crippen molar-refractivity contribution < 1.29 is 9.47 Å². The molecule has 0 spiro atoms. The maximum atomic E-state index is 5.49. The van der Waals surface area contributed by atoms with Gasteiger partial charge in [-0.05, 0) is 49.4 Å². The molecule has 1 heterocycles. The second-order valence-electron chi connectivity index (χ2n) is 4.95. The molecule has 0 atom stereocenters. The highest BCUT2D eigenvalue weighted by molar-refractivity contribution is 9.10. The summed E-state index contributed by atoms with van der Waals surface area (Å²) in [6.45, 7) is 1.92. The lowest BCUT2D eigenvalue weighted by atomic mass is 10.1. The minimum Gasteiger partial charge on any atom is -0.497 e. The van der Waals surface area contributed by atoms with Gasteiger partial charge < -0.3 is 9.47 Å². The minimum absolute atomic E-state index is 0.733. The van der Waals surface area contributed by atoms with Gasteiger partial charge in [0.1, 0.15) is 17.3 Å². The van der Waals surface area contributed by atoms with E-state index in [2.05, 4.69) is 26.1 Å². The molecular weight excluding hydrogens is 358 g/mol. The van der Waals surface area contributed by atoms with Crippen molar-refractivity contribution in [3.8, 4) is 28.6 Å². The van der Waals surface area contributed by atoms with Gasteiger partial charge >= 0.3 is 0 Å². The van der Waals surface area contributed by atoms with Crippen molar-refractivity contribution in [3.05, 3.63) is 52.8 Å². The Morgan fingerprint density at radius 3 is 2.35 bits per heavy atom. The van der Waals surface area contributed by atoms with E-state index in [0.717, 1.165) is 38.9 Å². The van der Waals surface area contributed by atoms with Gasteiger partial charge in [-0.3, -0.25) is 4.57 Å². The fourth-order valence-corrected chi connectivity index (χ4v) is 2.77. The van der Waals surface area contributed by atoms with Gasteiger partial charge in [-0.2, -0.15) is 0 Å². The Kier molecular flexibility index (Phi) is 4.34. The van der Waals surface area contributed by atoms with E-state index in [4.69, 9.17) is 9.47 Å². The number of rotatable bonds is 4. The van der Waals surface area contributed by atoms with E-state index in [9.17, 15) is 0 Å². The predicted octanol–water partition coefficient (Wildman–Crippen LogP) is 4.02. The normalized spacial score (nSPS) is 10.6. The van der Waals surface area contributed by atoms with Crippen molar-refractivity contribution in [2.75, 3.05) is 14.2 Å². The number of methoxy groups -OCH3 is 2. The maximum Gasteiger partial charge on any atom is 0.172 e. The van der Waals surface area contributed by atoms with Crippen molar-refractivity contribution in [3.63, 3.8) is 0 Å². The van der Waals surface area contributed by atoms with Gasteiger partial charge in [-0.1, -0.05) is 15.9 Å². The van der Waals surface area contributed by atoms with Gasteiger partial charge in [-0.25, -0.2) is 0 Å². The molecule has 0 saturated heterocycles. The molecule has 3 aromatic rings. The van der Waals surface area contributed by atoms with Gasteiger partial charge in [0.05, 0.1) is 19.8 Å². The zero-order valence-corrected chi connectivity index (χ0v) is 14.7. The molecule has 0 aliphatic carbocycles. The molecule has 0 N–H and O–H groups in total. The summed E-state index contributed by atoms with van der Waals surface area (Å²) in [5, 5.41) is 8.55. The van der Waals surface area contributed by atoms with Crippen LogP contribution in [0.3, 0.4) is 0 Å². The Labute approximate surface area is 143 Å². The molecule has 23 heavy (non-hydrogen) atoms. The van der Waals surface area contributed by atoms with Crippen LogP contribution in [0.25, 0.3) is 17.1 Å². The Bertz CT molecular complexity index is 828. The molecule has 1 aromatic heterocycles. The van der Waals surface area contributed by atoms with Crippen molar-refractivity contribution in [1.82, 2.24) is 14.8 Å². The lowest BCUT2D eigenvalue weighted by molar-refractivity contribution is 0.414. The molecule has 0 fully saturated rings. The van der Waals surface area contributed by atoms with E-state index >= 15 is 0 Å². The number of halogens is 1. The number of hydrogen-bond donors (Lipinski definition) is 0. The summed E-state index contributed by atoms with van der Waals surface area (Å²) in [4.78, 5) is 0. The van der Waals surface area contributed by atoms with E-state index in [0.29, 0.717) is 0 Å². The lowest BCUT2D eigenvalue weighted by Crippen LogP contribution is -2.01. The molecule has 118 valence electrons. The molecule has 0 aliphatic rings. The molecule has 6 heteroatoms. The van der Waals surface area contributed by atoms with Gasteiger partial charge in [0.15, 0.2) is 5.82 Å². The number of aromatic nitrogens is 3. The van der Waals surface area contributed by atoms with Crippen LogP contribution in [0.1, 0.15) is 5.82 Å². The second kappa shape index (κ2) is 6.42. The summed E-state index contributed by atoms with van der Waals surface area (Å²) in [5.41, 5.74) is 1.85. The molecule has 0 saturated carbocycles. The third-order valence-corrected chi connectivity index (χ3v) is 4.05. The molecule has 0 unspecified atom stereocenters.